The zero-order valence-corrected chi connectivity index (χ0v) is 16.3. The van der Waals surface area contributed by atoms with Gasteiger partial charge in [-0.2, -0.15) is 18.3 Å². The summed E-state index contributed by atoms with van der Waals surface area (Å²) in [5, 5.41) is 5.76. The van der Waals surface area contributed by atoms with Gasteiger partial charge in [-0.15, -0.1) is 11.3 Å². The molecule has 0 aromatic carbocycles. The van der Waals surface area contributed by atoms with Crippen LogP contribution in [0.1, 0.15) is 48.0 Å². The Morgan fingerprint density at radius 1 is 1.25 bits per heavy atom. The van der Waals surface area contributed by atoms with E-state index in [-0.39, 0.29) is 12.5 Å². The molecule has 3 heterocycles. The van der Waals surface area contributed by atoms with Gasteiger partial charge >= 0.3 is 6.18 Å². The molecule has 0 bridgehead atoms. The van der Waals surface area contributed by atoms with E-state index in [4.69, 9.17) is 4.98 Å². The summed E-state index contributed by atoms with van der Waals surface area (Å²) in [5.41, 5.74) is -0.630. The number of hydrogen-bond donors (Lipinski definition) is 0. The number of aryl methyl sites for hydroxylation is 1. The van der Waals surface area contributed by atoms with Gasteiger partial charge in [-0.25, -0.2) is 4.98 Å². The second-order valence-electron chi connectivity index (χ2n) is 7.27. The van der Waals surface area contributed by atoms with Gasteiger partial charge in [0.25, 0.3) is 0 Å². The maximum absolute atomic E-state index is 12.8. The normalized spacial score (nSPS) is 17.8. The molecule has 1 fully saturated rings. The smallest absolute Gasteiger partial charge is 0.341 e. The highest BCUT2D eigenvalue weighted by molar-refractivity contribution is 7.09. The van der Waals surface area contributed by atoms with Crippen LogP contribution in [0.15, 0.2) is 6.07 Å². The summed E-state index contributed by atoms with van der Waals surface area (Å²) in [7, 11) is 0. The van der Waals surface area contributed by atoms with Gasteiger partial charge in [0, 0.05) is 24.7 Å². The van der Waals surface area contributed by atoms with E-state index in [2.05, 4.69) is 17.3 Å². The van der Waals surface area contributed by atoms with Crippen molar-refractivity contribution in [3.63, 3.8) is 0 Å². The van der Waals surface area contributed by atoms with Crippen molar-refractivity contribution in [3.05, 3.63) is 32.3 Å². The first kappa shape index (κ1) is 19.2. The fraction of sp³-hybridized carbons (Fsp3) is 0.526. The molecular weight excluding hydrogens is 389 g/mol. The first-order valence-corrected chi connectivity index (χ1v) is 10.2. The molecule has 0 atom stereocenters. The summed E-state index contributed by atoms with van der Waals surface area (Å²) in [4.78, 5) is 19.0. The fourth-order valence-electron chi connectivity index (χ4n) is 3.68. The quantitative estimate of drug-likeness (QED) is 0.781. The molecule has 2 aromatic heterocycles. The van der Waals surface area contributed by atoms with Gasteiger partial charge in [-0.05, 0) is 38.7 Å². The Hall–Kier alpha value is -2.16. The van der Waals surface area contributed by atoms with Gasteiger partial charge in [-0.3, -0.25) is 9.48 Å². The number of alkyl halides is 3. The van der Waals surface area contributed by atoms with Crippen molar-refractivity contribution in [3.8, 4) is 0 Å². The van der Waals surface area contributed by atoms with Crippen LogP contribution in [0.5, 0.6) is 0 Å². The standard InChI is InChI=1S/C19H21F3N4OS/c1-12-10-16(19(20,21)22)24-26(12)11-17(27)25-8-6-13(7-9-25)18-23-14-4-2-3-5-15(14)28-18/h4-5,10,13H,2-3,6-9,11H2,1H3. The molecule has 0 spiro atoms. The highest BCUT2D eigenvalue weighted by Gasteiger charge is 2.35. The number of aromatic nitrogens is 3. The molecule has 4 rings (SSSR count). The minimum Gasteiger partial charge on any atom is -0.341 e. The van der Waals surface area contributed by atoms with E-state index in [9.17, 15) is 18.0 Å². The fourth-order valence-corrected chi connectivity index (χ4v) is 4.88. The van der Waals surface area contributed by atoms with Gasteiger partial charge < -0.3 is 4.90 Å². The number of likely N-dealkylation sites (tertiary alicyclic amines) is 1. The lowest BCUT2D eigenvalue weighted by Crippen LogP contribution is -2.40. The Kier molecular flexibility index (Phi) is 5.03. The number of nitrogens with zero attached hydrogens (tertiary/aromatic N) is 4. The Labute approximate surface area is 164 Å². The minimum absolute atomic E-state index is 0.165. The van der Waals surface area contributed by atoms with Crippen molar-refractivity contribution in [2.45, 2.75) is 51.2 Å². The number of piperidine rings is 1. The van der Waals surface area contributed by atoms with Gasteiger partial charge in [-0.1, -0.05) is 12.2 Å². The predicted octanol–water partition coefficient (Wildman–Crippen LogP) is 2.43. The first-order valence-electron chi connectivity index (χ1n) is 9.38. The molecule has 1 saturated heterocycles. The number of carbonyl (C=O) groups is 1. The minimum atomic E-state index is -4.50. The summed E-state index contributed by atoms with van der Waals surface area (Å²) in [6, 6.07) is 0.970. The van der Waals surface area contributed by atoms with Crippen LogP contribution >= 0.6 is 11.3 Å². The molecule has 0 radical (unpaired) electrons. The number of rotatable bonds is 3. The van der Waals surface area contributed by atoms with E-state index in [0.29, 0.717) is 24.7 Å². The van der Waals surface area contributed by atoms with Crippen LogP contribution < -0.4 is 9.88 Å². The van der Waals surface area contributed by atoms with Crippen LogP contribution in [0.2, 0.25) is 0 Å². The Bertz CT molecular complexity index is 966. The van der Waals surface area contributed by atoms with E-state index < -0.39 is 11.9 Å². The molecule has 150 valence electrons. The summed E-state index contributed by atoms with van der Waals surface area (Å²) < 4.78 is 40.7. The average Bonchev–Trinajstić information content (AvgIpc) is 3.25. The second-order valence-corrected chi connectivity index (χ2v) is 8.33. The van der Waals surface area contributed by atoms with Crippen molar-refractivity contribution in [2.75, 3.05) is 13.1 Å². The Balaban J connectivity index is 1.38. The van der Waals surface area contributed by atoms with E-state index in [1.165, 1.54) is 11.5 Å². The maximum atomic E-state index is 12.8. The molecule has 1 aliphatic heterocycles. The van der Waals surface area contributed by atoms with Crippen LogP contribution in [-0.2, 0) is 17.5 Å². The third-order valence-corrected chi connectivity index (χ3v) is 6.51. The highest BCUT2D eigenvalue weighted by atomic mass is 32.1. The van der Waals surface area contributed by atoms with Crippen LogP contribution in [0.25, 0.3) is 12.2 Å². The van der Waals surface area contributed by atoms with Gasteiger partial charge in [0.1, 0.15) is 6.54 Å². The van der Waals surface area contributed by atoms with E-state index >= 15 is 0 Å². The predicted molar refractivity (Wildman–Crippen MR) is 100 cm³/mol. The lowest BCUT2D eigenvalue weighted by molar-refractivity contribution is -0.142. The zero-order valence-electron chi connectivity index (χ0n) is 15.5. The van der Waals surface area contributed by atoms with Crippen molar-refractivity contribution in [2.24, 2.45) is 0 Å². The molecule has 0 N–H and O–H groups in total. The third-order valence-electron chi connectivity index (χ3n) is 5.29. The van der Waals surface area contributed by atoms with E-state index in [1.54, 1.807) is 16.2 Å². The van der Waals surface area contributed by atoms with Crippen molar-refractivity contribution < 1.29 is 18.0 Å². The monoisotopic (exact) mass is 410 g/mol. The molecule has 5 nitrogen and oxygen atoms in total. The number of halogens is 3. The van der Waals surface area contributed by atoms with E-state index in [0.717, 1.165) is 46.8 Å². The molecule has 0 unspecified atom stereocenters. The molecule has 9 heteroatoms. The zero-order chi connectivity index (χ0) is 19.9. The van der Waals surface area contributed by atoms with Gasteiger partial charge in [0.2, 0.25) is 5.91 Å². The molecule has 1 aliphatic carbocycles. The number of thiazole rings is 1. The Morgan fingerprint density at radius 2 is 1.96 bits per heavy atom. The third kappa shape index (κ3) is 3.85. The lowest BCUT2D eigenvalue weighted by atomic mass is 9.97. The van der Waals surface area contributed by atoms with E-state index in [1.807, 2.05) is 0 Å². The summed E-state index contributed by atoms with van der Waals surface area (Å²) in [6.45, 7) is 2.54. The molecule has 2 aromatic rings. The van der Waals surface area contributed by atoms with Crippen LogP contribution in [-0.4, -0.2) is 38.7 Å². The van der Waals surface area contributed by atoms with Crippen LogP contribution in [0.4, 0.5) is 13.2 Å². The number of hydrogen-bond acceptors (Lipinski definition) is 4. The van der Waals surface area contributed by atoms with Crippen molar-refractivity contribution >= 4 is 29.4 Å². The second kappa shape index (κ2) is 7.35. The first-order chi connectivity index (χ1) is 13.3. The Morgan fingerprint density at radius 3 is 2.61 bits per heavy atom. The molecular formula is C19H21F3N4OS. The number of amides is 1. The average molecular weight is 410 g/mol. The number of fused-ring (bicyclic) bond motifs is 1. The molecule has 28 heavy (non-hydrogen) atoms. The topological polar surface area (TPSA) is 51.0 Å². The van der Waals surface area contributed by atoms with Crippen LogP contribution in [0, 0.1) is 6.92 Å². The number of carbonyl (C=O) groups excluding carboxylic acids is 1. The van der Waals surface area contributed by atoms with Crippen LogP contribution in [0.3, 0.4) is 0 Å². The summed E-state index contributed by atoms with van der Waals surface area (Å²) in [6.07, 6.45) is 3.65. The lowest BCUT2D eigenvalue weighted by Gasteiger charge is -2.31. The SMILES string of the molecule is Cc1cc(C(F)(F)F)nn1CC(=O)N1CCC(c2nc3c(s2)=CCCC=3)CC1. The van der Waals surface area contributed by atoms with Gasteiger partial charge in [0.15, 0.2) is 5.69 Å². The van der Waals surface area contributed by atoms with Crippen molar-refractivity contribution in [1.82, 2.24) is 19.7 Å². The largest absolute Gasteiger partial charge is 0.435 e. The van der Waals surface area contributed by atoms with Crippen molar-refractivity contribution in [1.29, 1.82) is 0 Å². The summed E-state index contributed by atoms with van der Waals surface area (Å²) in [5.74, 6) is 0.142. The molecule has 2 aliphatic rings. The van der Waals surface area contributed by atoms with Gasteiger partial charge in [0.05, 0.1) is 14.9 Å². The summed E-state index contributed by atoms with van der Waals surface area (Å²) >= 11 is 1.74. The maximum Gasteiger partial charge on any atom is 0.435 e. The molecule has 0 saturated carbocycles. The molecule has 1 amide bonds. The highest BCUT2D eigenvalue weighted by Crippen LogP contribution is 2.29.